The monoisotopic (exact) mass is 412 g/mol. The van der Waals surface area contributed by atoms with E-state index in [1.54, 1.807) is 41.9 Å². The molecule has 4 rings (SSSR count). The van der Waals surface area contributed by atoms with E-state index in [1.165, 1.54) is 35.0 Å². The maximum Gasteiger partial charge on any atom is 0.248 e. The number of rotatable bonds is 5. The number of aromatic nitrogens is 2. The highest BCUT2D eigenvalue weighted by atomic mass is 32.2. The van der Waals surface area contributed by atoms with Crippen molar-refractivity contribution in [2.45, 2.75) is 42.9 Å². The predicted molar refractivity (Wildman–Crippen MR) is 113 cm³/mol. The van der Waals surface area contributed by atoms with Crippen molar-refractivity contribution in [1.82, 2.24) is 9.97 Å². The molecule has 1 aliphatic rings. The fourth-order valence-corrected chi connectivity index (χ4v) is 5.57. The van der Waals surface area contributed by atoms with Crippen molar-refractivity contribution in [3.63, 3.8) is 0 Å². The molecule has 3 aromatic rings. The maximum atomic E-state index is 12.6. The van der Waals surface area contributed by atoms with Gasteiger partial charge in [-0.25, -0.2) is 9.97 Å². The van der Waals surface area contributed by atoms with Crippen LogP contribution in [0.15, 0.2) is 35.6 Å². The van der Waals surface area contributed by atoms with Crippen molar-refractivity contribution >= 4 is 50.8 Å². The highest BCUT2D eigenvalue weighted by Crippen LogP contribution is 2.40. The van der Waals surface area contributed by atoms with E-state index in [4.69, 9.17) is 5.73 Å². The second kappa shape index (κ2) is 7.89. The third-order valence-corrected chi connectivity index (χ3v) is 7.11. The van der Waals surface area contributed by atoms with E-state index in [9.17, 15) is 9.59 Å². The summed E-state index contributed by atoms with van der Waals surface area (Å²) < 4.78 is 0. The molecular weight excluding hydrogens is 392 g/mol. The Morgan fingerprint density at radius 1 is 1.18 bits per heavy atom. The Morgan fingerprint density at radius 2 is 1.93 bits per heavy atom. The highest BCUT2D eigenvalue weighted by Gasteiger charge is 2.23. The average Bonchev–Trinajstić information content (AvgIpc) is 3.08. The topological polar surface area (TPSA) is 98.0 Å². The molecule has 3 N–H and O–H groups in total. The molecule has 0 saturated heterocycles. The number of primary amides is 1. The summed E-state index contributed by atoms with van der Waals surface area (Å²) in [5.74, 6) is -0.610. The third-order valence-electron chi connectivity index (χ3n) is 4.81. The summed E-state index contributed by atoms with van der Waals surface area (Å²) in [6.45, 7) is 1.87. The number of thiophene rings is 1. The highest BCUT2D eigenvalue weighted by molar-refractivity contribution is 8.00. The Kier molecular flexibility index (Phi) is 5.32. The van der Waals surface area contributed by atoms with Crippen molar-refractivity contribution < 1.29 is 9.59 Å². The van der Waals surface area contributed by atoms with E-state index in [0.29, 0.717) is 11.3 Å². The minimum absolute atomic E-state index is 0.118. The fraction of sp³-hybridized carbons (Fsp3) is 0.300. The van der Waals surface area contributed by atoms with Crippen LogP contribution in [0.25, 0.3) is 10.2 Å². The predicted octanol–water partition coefficient (Wildman–Crippen LogP) is 3.79. The van der Waals surface area contributed by atoms with Gasteiger partial charge in [-0.3, -0.25) is 9.59 Å². The first kappa shape index (κ1) is 18.9. The Hall–Kier alpha value is -2.45. The number of carbonyl (C=O) groups is 2. The number of nitrogens with two attached hydrogens (primary N) is 1. The van der Waals surface area contributed by atoms with Gasteiger partial charge in [0.1, 0.15) is 16.2 Å². The van der Waals surface area contributed by atoms with Gasteiger partial charge in [-0.2, -0.15) is 0 Å². The number of benzene rings is 1. The lowest BCUT2D eigenvalue weighted by molar-refractivity contribution is -0.115. The van der Waals surface area contributed by atoms with Gasteiger partial charge in [0.15, 0.2) is 0 Å². The van der Waals surface area contributed by atoms with E-state index in [-0.39, 0.29) is 11.2 Å². The number of carbonyl (C=O) groups excluding carboxylic acids is 2. The second-order valence-electron chi connectivity index (χ2n) is 6.76. The summed E-state index contributed by atoms with van der Waals surface area (Å²) in [6.07, 6.45) is 6.17. The Morgan fingerprint density at radius 3 is 2.68 bits per heavy atom. The van der Waals surface area contributed by atoms with Crippen LogP contribution in [0.5, 0.6) is 0 Å². The lowest BCUT2D eigenvalue weighted by Crippen LogP contribution is -2.22. The normalized spacial score (nSPS) is 14.5. The summed E-state index contributed by atoms with van der Waals surface area (Å²) in [5.41, 5.74) is 7.64. The molecule has 0 spiro atoms. The number of fused-ring (bicyclic) bond motifs is 3. The molecule has 0 fully saturated rings. The van der Waals surface area contributed by atoms with Gasteiger partial charge < -0.3 is 11.1 Å². The largest absolute Gasteiger partial charge is 0.366 e. The number of hydrogen-bond donors (Lipinski definition) is 2. The van der Waals surface area contributed by atoms with Crippen molar-refractivity contribution in [2.24, 2.45) is 5.73 Å². The van der Waals surface area contributed by atoms with Gasteiger partial charge in [0, 0.05) is 21.5 Å². The van der Waals surface area contributed by atoms with Gasteiger partial charge >= 0.3 is 0 Å². The van der Waals surface area contributed by atoms with Crippen molar-refractivity contribution in [2.75, 3.05) is 5.32 Å². The molecule has 0 radical (unpaired) electrons. The lowest BCUT2D eigenvalue weighted by Gasteiger charge is -2.14. The van der Waals surface area contributed by atoms with Crippen LogP contribution in [0.3, 0.4) is 0 Å². The van der Waals surface area contributed by atoms with Crippen molar-refractivity contribution in [3.05, 3.63) is 46.6 Å². The van der Waals surface area contributed by atoms with Crippen LogP contribution < -0.4 is 11.1 Å². The van der Waals surface area contributed by atoms with E-state index in [0.717, 1.165) is 28.1 Å². The quantitative estimate of drug-likeness (QED) is 0.491. The molecule has 0 bridgehead atoms. The molecule has 2 heterocycles. The standard InChI is InChI=1S/C20H20N4O2S2/c1-11(18(26)24-13-8-6-12(7-9-13)17(21)25)27-19-16-14-4-2-3-5-15(14)28-20(16)23-10-22-19/h6-11H,2-5H2,1H3,(H2,21,25)(H,24,26). The Bertz CT molecular complexity index is 1050. The van der Waals surface area contributed by atoms with Crippen LogP contribution in [-0.4, -0.2) is 27.0 Å². The lowest BCUT2D eigenvalue weighted by atomic mass is 9.97. The van der Waals surface area contributed by atoms with Crippen molar-refractivity contribution in [1.29, 1.82) is 0 Å². The molecule has 8 heteroatoms. The van der Waals surface area contributed by atoms with Crippen LogP contribution in [0.4, 0.5) is 5.69 Å². The first-order valence-corrected chi connectivity index (χ1v) is 10.8. The molecule has 2 amide bonds. The average molecular weight is 413 g/mol. The van der Waals surface area contributed by atoms with Crippen LogP contribution in [0, 0.1) is 0 Å². The summed E-state index contributed by atoms with van der Waals surface area (Å²) in [6, 6.07) is 6.55. The first-order chi connectivity index (χ1) is 13.5. The van der Waals surface area contributed by atoms with E-state index in [1.807, 2.05) is 6.92 Å². The van der Waals surface area contributed by atoms with Gasteiger partial charge in [-0.05, 0) is 62.4 Å². The minimum Gasteiger partial charge on any atom is -0.366 e. The molecular formula is C20H20N4O2S2. The van der Waals surface area contributed by atoms with Gasteiger partial charge in [0.2, 0.25) is 11.8 Å². The van der Waals surface area contributed by atoms with Crippen LogP contribution >= 0.6 is 23.1 Å². The zero-order valence-electron chi connectivity index (χ0n) is 15.4. The van der Waals surface area contributed by atoms with Crippen LogP contribution in [0.1, 0.15) is 40.6 Å². The summed E-state index contributed by atoms with van der Waals surface area (Å²) >= 11 is 3.21. The molecule has 1 aliphatic carbocycles. The van der Waals surface area contributed by atoms with Gasteiger partial charge in [0.05, 0.1) is 5.25 Å². The van der Waals surface area contributed by atoms with E-state index in [2.05, 4.69) is 15.3 Å². The van der Waals surface area contributed by atoms with Crippen LogP contribution in [-0.2, 0) is 17.6 Å². The number of thioether (sulfide) groups is 1. The zero-order valence-corrected chi connectivity index (χ0v) is 17.0. The number of aryl methyl sites for hydroxylation is 2. The summed E-state index contributed by atoms with van der Waals surface area (Å²) in [7, 11) is 0. The number of anilines is 1. The molecule has 1 atom stereocenters. The molecule has 2 aromatic heterocycles. The summed E-state index contributed by atoms with van der Waals surface area (Å²) in [4.78, 5) is 35.1. The van der Waals surface area contributed by atoms with E-state index < -0.39 is 5.91 Å². The molecule has 0 saturated carbocycles. The van der Waals surface area contributed by atoms with Crippen LogP contribution in [0.2, 0.25) is 0 Å². The second-order valence-corrected chi connectivity index (χ2v) is 9.17. The molecule has 28 heavy (non-hydrogen) atoms. The Balaban J connectivity index is 1.51. The molecule has 144 valence electrons. The minimum atomic E-state index is -0.492. The molecule has 0 aliphatic heterocycles. The number of hydrogen-bond acceptors (Lipinski definition) is 6. The number of nitrogens with zero attached hydrogens (tertiary/aromatic N) is 2. The molecule has 1 aromatic carbocycles. The Labute approximate surface area is 170 Å². The SMILES string of the molecule is CC(Sc1ncnc2sc3c(c12)CCCC3)C(=O)Nc1ccc(C(N)=O)cc1. The molecule has 1 unspecified atom stereocenters. The smallest absolute Gasteiger partial charge is 0.248 e. The zero-order chi connectivity index (χ0) is 19.7. The third kappa shape index (κ3) is 3.74. The maximum absolute atomic E-state index is 12.6. The number of nitrogens with one attached hydrogen (secondary N) is 1. The fourth-order valence-electron chi connectivity index (χ4n) is 3.33. The van der Waals surface area contributed by atoms with Gasteiger partial charge in [0.25, 0.3) is 0 Å². The van der Waals surface area contributed by atoms with E-state index >= 15 is 0 Å². The van der Waals surface area contributed by atoms with Crippen molar-refractivity contribution in [3.8, 4) is 0 Å². The molecule has 6 nitrogen and oxygen atoms in total. The van der Waals surface area contributed by atoms with Gasteiger partial charge in [-0.15, -0.1) is 11.3 Å². The van der Waals surface area contributed by atoms with Gasteiger partial charge in [-0.1, -0.05) is 11.8 Å². The number of amides is 2. The summed E-state index contributed by atoms with van der Waals surface area (Å²) in [5, 5.41) is 4.55. The first-order valence-electron chi connectivity index (χ1n) is 9.15.